The lowest BCUT2D eigenvalue weighted by Gasteiger charge is -2.08. The molecule has 2 rings (SSSR count). The van der Waals surface area contributed by atoms with Crippen LogP contribution in [-0.2, 0) is 11.4 Å². The SMILES string of the molecule is C/C(=C\c1ccccc1-c1ccc(CO)cc1)C(=O)N=C(N)N. The largest absolute Gasteiger partial charge is 0.392 e. The fourth-order valence-electron chi connectivity index (χ4n) is 2.18. The summed E-state index contributed by atoms with van der Waals surface area (Å²) in [6.07, 6.45) is 1.75. The molecule has 0 saturated heterocycles. The average molecular weight is 309 g/mol. The smallest absolute Gasteiger partial charge is 0.275 e. The second kappa shape index (κ2) is 7.38. The third kappa shape index (κ3) is 4.28. The number of guanidine groups is 1. The van der Waals surface area contributed by atoms with Crippen LogP contribution in [0.5, 0.6) is 0 Å². The molecule has 0 aliphatic rings. The summed E-state index contributed by atoms with van der Waals surface area (Å²) in [4.78, 5) is 15.4. The van der Waals surface area contributed by atoms with Gasteiger partial charge < -0.3 is 16.6 Å². The zero-order chi connectivity index (χ0) is 16.8. The van der Waals surface area contributed by atoms with Crippen molar-refractivity contribution in [2.24, 2.45) is 16.5 Å². The third-order valence-electron chi connectivity index (χ3n) is 3.35. The molecular formula is C18H19N3O2. The Hall–Kier alpha value is -2.92. The molecule has 0 aliphatic heterocycles. The number of aliphatic hydroxyl groups is 1. The fourth-order valence-corrected chi connectivity index (χ4v) is 2.18. The number of nitrogens with zero attached hydrogens (tertiary/aromatic N) is 1. The van der Waals surface area contributed by atoms with Crippen LogP contribution < -0.4 is 11.5 Å². The molecule has 0 fully saturated rings. The molecule has 0 unspecified atom stereocenters. The molecule has 1 amide bonds. The zero-order valence-corrected chi connectivity index (χ0v) is 12.9. The maximum Gasteiger partial charge on any atom is 0.275 e. The number of hydrogen-bond donors (Lipinski definition) is 3. The van der Waals surface area contributed by atoms with E-state index in [9.17, 15) is 4.79 Å². The van der Waals surface area contributed by atoms with Crippen LogP contribution in [0.3, 0.4) is 0 Å². The molecule has 23 heavy (non-hydrogen) atoms. The Morgan fingerprint density at radius 1 is 1.13 bits per heavy atom. The van der Waals surface area contributed by atoms with Gasteiger partial charge in [0.15, 0.2) is 5.96 Å². The van der Waals surface area contributed by atoms with E-state index in [0.717, 1.165) is 22.3 Å². The number of nitrogens with two attached hydrogens (primary N) is 2. The highest BCUT2D eigenvalue weighted by Gasteiger charge is 2.07. The first-order valence-corrected chi connectivity index (χ1v) is 7.12. The Labute approximate surface area is 135 Å². The average Bonchev–Trinajstić information content (AvgIpc) is 2.55. The lowest BCUT2D eigenvalue weighted by molar-refractivity contribution is -0.114. The van der Waals surface area contributed by atoms with Crippen molar-refractivity contribution < 1.29 is 9.90 Å². The van der Waals surface area contributed by atoms with Gasteiger partial charge in [-0.2, -0.15) is 4.99 Å². The number of aliphatic imine (C=N–C) groups is 1. The molecule has 0 spiro atoms. The molecule has 0 aliphatic carbocycles. The zero-order valence-electron chi connectivity index (χ0n) is 12.9. The molecule has 0 radical (unpaired) electrons. The van der Waals surface area contributed by atoms with E-state index in [1.165, 1.54) is 0 Å². The summed E-state index contributed by atoms with van der Waals surface area (Å²) in [6, 6.07) is 15.3. The normalized spacial score (nSPS) is 11.1. The summed E-state index contributed by atoms with van der Waals surface area (Å²) in [7, 11) is 0. The van der Waals surface area contributed by atoms with Gasteiger partial charge in [0.05, 0.1) is 6.61 Å². The minimum atomic E-state index is -0.463. The van der Waals surface area contributed by atoms with Crippen LogP contribution in [0, 0.1) is 0 Å². The fraction of sp³-hybridized carbons (Fsp3) is 0.111. The van der Waals surface area contributed by atoms with E-state index in [1.807, 2.05) is 48.5 Å². The van der Waals surface area contributed by atoms with E-state index in [1.54, 1.807) is 13.0 Å². The second-order valence-corrected chi connectivity index (χ2v) is 5.11. The number of rotatable bonds is 4. The van der Waals surface area contributed by atoms with Crippen LogP contribution in [0.15, 0.2) is 59.1 Å². The Bertz CT molecular complexity index is 758. The highest BCUT2D eigenvalue weighted by molar-refractivity contribution is 6.04. The van der Waals surface area contributed by atoms with Crippen molar-refractivity contribution in [3.05, 3.63) is 65.2 Å². The first-order valence-electron chi connectivity index (χ1n) is 7.12. The number of hydrogen-bond acceptors (Lipinski definition) is 2. The van der Waals surface area contributed by atoms with Gasteiger partial charge in [0.2, 0.25) is 0 Å². The van der Waals surface area contributed by atoms with Crippen molar-refractivity contribution in [3.63, 3.8) is 0 Å². The van der Waals surface area contributed by atoms with Crippen molar-refractivity contribution in [1.29, 1.82) is 0 Å². The molecule has 2 aromatic carbocycles. The summed E-state index contributed by atoms with van der Waals surface area (Å²) in [6.45, 7) is 1.67. The molecule has 5 N–H and O–H groups in total. The van der Waals surface area contributed by atoms with Crippen molar-refractivity contribution >= 4 is 17.9 Å². The van der Waals surface area contributed by atoms with Crippen LogP contribution in [0.4, 0.5) is 0 Å². The third-order valence-corrected chi connectivity index (χ3v) is 3.35. The van der Waals surface area contributed by atoms with E-state index in [-0.39, 0.29) is 12.6 Å². The number of benzene rings is 2. The van der Waals surface area contributed by atoms with Gasteiger partial charge >= 0.3 is 0 Å². The molecule has 2 aromatic rings. The van der Waals surface area contributed by atoms with Gasteiger partial charge in [-0.25, -0.2) is 0 Å². The van der Waals surface area contributed by atoms with E-state index in [2.05, 4.69) is 4.99 Å². The van der Waals surface area contributed by atoms with Gasteiger partial charge in [0.25, 0.3) is 5.91 Å². The summed E-state index contributed by atoms with van der Waals surface area (Å²) < 4.78 is 0. The summed E-state index contributed by atoms with van der Waals surface area (Å²) in [5, 5.41) is 9.13. The number of aliphatic hydroxyl groups excluding tert-OH is 1. The maximum atomic E-state index is 11.8. The maximum absolute atomic E-state index is 11.8. The minimum absolute atomic E-state index is 0.00789. The summed E-state index contributed by atoms with van der Waals surface area (Å²) in [5.41, 5.74) is 14.6. The Kier molecular flexibility index (Phi) is 5.28. The van der Waals surface area contributed by atoms with Crippen molar-refractivity contribution in [2.45, 2.75) is 13.5 Å². The van der Waals surface area contributed by atoms with E-state index in [0.29, 0.717) is 5.57 Å². The quantitative estimate of drug-likeness (QED) is 0.457. The number of amides is 1. The highest BCUT2D eigenvalue weighted by atomic mass is 16.3. The molecule has 0 atom stereocenters. The first kappa shape index (κ1) is 16.5. The predicted octanol–water partition coefficient (Wildman–Crippen LogP) is 2.05. The van der Waals surface area contributed by atoms with Crippen LogP contribution in [0.1, 0.15) is 18.1 Å². The van der Waals surface area contributed by atoms with Gasteiger partial charge in [0, 0.05) is 5.57 Å². The first-order chi connectivity index (χ1) is 11.0. The van der Waals surface area contributed by atoms with Gasteiger partial charge in [-0.05, 0) is 35.3 Å². The van der Waals surface area contributed by atoms with Gasteiger partial charge in [0.1, 0.15) is 0 Å². The Morgan fingerprint density at radius 2 is 1.78 bits per heavy atom. The van der Waals surface area contributed by atoms with E-state index < -0.39 is 5.91 Å². The molecule has 0 saturated carbocycles. The molecule has 5 heteroatoms. The lowest BCUT2D eigenvalue weighted by atomic mass is 9.97. The molecule has 118 valence electrons. The monoisotopic (exact) mass is 309 g/mol. The van der Waals surface area contributed by atoms with Crippen LogP contribution in [-0.4, -0.2) is 17.0 Å². The number of carbonyl (C=O) groups excluding carboxylic acids is 1. The molecule has 0 heterocycles. The highest BCUT2D eigenvalue weighted by Crippen LogP contribution is 2.26. The topological polar surface area (TPSA) is 102 Å². The minimum Gasteiger partial charge on any atom is -0.392 e. The van der Waals surface area contributed by atoms with Crippen LogP contribution in [0.2, 0.25) is 0 Å². The van der Waals surface area contributed by atoms with Crippen molar-refractivity contribution in [1.82, 2.24) is 0 Å². The Balaban J connectivity index is 2.41. The molecular weight excluding hydrogens is 290 g/mol. The second-order valence-electron chi connectivity index (χ2n) is 5.11. The Morgan fingerprint density at radius 3 is 2.39 bits per heavy atom. The van der Waals surface area contributed by atoms with Gasteiger partial charge in [-0.15, -0.1) is 0 Å². The van der Waals surface area contributed by atoms with Gasteiger partial charge in [-0.1, -0.05) is 48.5 Å². The van der Waals surface area contributed by atoms with Crippen molar-refractivity contribution in [3.8, 4) is 11.1 Å². The van der Waals surface area contributed by atoms with Crippen molar-refractivity contribution in [2.75, 3.05) is 0 Å². The number of carbonyl (C=O) groups is 1. The summed E-state index contributed by atoms with van der Waals surface area (Å²) >= 11 is 0. The molecule has 0 bridgehead atoms. The predicted molar refractivity (Wildman–Crippen MR) is 92.3 cm³/mol. The van der Waals surface area contributed by atoms with Crippen LogP contribution in [0.25, 0.3) is 17.2 Å². The van der Waals surface area contributed by atoms with E-state index in [4.69, 9.17) is 16.6 Å². The van der Waals surface area contributed by atoms with E-state index >= 15 is 0 Å². The van der Waals surface area contributed by atoms with Crippen LogP contribution >= 0.6 is 0 Å². The standard InChI is InChI=1S/C18H19N3O2/c1-12(17(23)21-18(19)20)10-15-4-2-3-5-16(15)14-8-6-13(11-22)7-9-14/h2-10,22H,11H2,1H3,(H4,19,20,21,23)/b12-10+. The molecule has 5 nitrogen and oxygen atoms in total. The lowest BCUT2D eigenvalue weighted by Crippen LogP contribution is -2.24. The van der Waals surface area contributed by atoms with Gasteiger partial charge in [-0.3, -0.25) is 4.79 Å². The molecule has 0 aromatic heterocycles. The summed E-state index contributed by atoms with van der Waals surface area (Å²) in [5.74, 6) is -0.717.